The Bertz CT molecular complexity index is 155. The molecule has 0 aromatic rings. The summed E-state index contributed by atoms with van der Waals surface area (Å²) in [6, 6.07) is 0. The zero-order chi connectivity index (χ0) is 8.97. The molecule has 70 valence electrons. The first-order valence-corrected chi connectivity index (χ1v) is 4.22. The number of hydrogen-bond donors (Lipinski definition) is 0. The van der Waals surface area contributed by atoms with Crippen LogP contribution >= 0.6 is 0 Å². The largest absolute Gasteiger partial charge is 0.299 e. The summed E-state index contributed by atoms with van der Waals surface area (Å²) in [5.74, 6) is 0.184. The Kier molecular flexibility index (Phi) is 3.62. The molecule has 1 rings (SSSR count). The molecular weight excluding hydrogens is 159 g/mol. The lowest BCUT2D eigenvalue weighted by molar-refractivity contribution is -0.118. The van der Waals surface area contributed by atoms with Crippen molar-refractivity contribution in [2.45, 2.75) is 6.92 Å². The molecule has 3 nitrogen and oxygen atoms in total. The number of halogens is 1. The molecule has 0 atom stereocenters. The Hall–Kier alpha value is -0.480. The van der Waals surface area contributed by atoms with Crippen LogP contribution in [-0.2, 0) is 4.79 Å². The van der Waals surface area contributed by atoms with E-state index < -0.39 is 0 Å². The van der Waals surface area contributed by atoms with Crippen LogP contribution in [0.3, 0.4) is 0 Å². The lowest BCUT2D eigenvalue weighted by atomic mass is 10.3. The number of hydrogen-bond acceptors (Lipinski definition) is 3. The maximum atomic E-state index is 12.1. The average molecular weight is 174 g/mol. The van der Waals surface area contributed by atoms with Gasteiger partial charge in [0.05, 0.1) is 6.54 Å². The Morgan fingerprint density at radius 1 is 1.25 bits per heavy atom. The summed E-state index contributed by atoms with van der Waals surface area (Å²) < 4.78 is 12.1. The summed E-state index contributed by atoms with van der Waals surface area (Å²) >= 11 is 0. The smallest absolute Gasteiger partial charge is 0.143 e. The van der Waals surface area contributed by atoms with E-state index in [2.05, 4.69) is 4.90 Å². The van der Waals surface area contributed by atoms with Crippen molar-refractivity contribution in [1.82, 2.24) is 9.80 Å². The van der Waals surface area contributed by atoms with Gasteiger partial charge in [-0.05, 0) is 6.92 Å². The van der Waals surface area contributed by atoms with E-state index in [9.17, 15) is 9.18 Å². The van der Waals surface area contributed by atoms with Crippen molar-refractivity contribution in [1.29, 1.82) is 0 Å². The van der Waals surface area contributed by atoms with Crippen LogP contribution in [0, 0.1) is 0 Å². The molecule has 0 aliphatic carbocycles. The molecule has 0 spiro atoms. The molecule has 0 unspecified atom stereocenters. The molecular formula is C8H15FN2O. The summed E-state index contributed by atoms with van der Waals surface area (Å²) in [5.41, 5.74) is 0. The number of carbonyl (C=O) groups excluding carboxylic acids is 1. The summed E-state index contributed by atoms with van der Waals surface area (Å²) in [6.45, 7) is 4.83. The standard InChI is InChI=1S/C8H15FN2O/c1-8(12)6-10-2-4-11(7-9)5-3-10/h2-7H2,1H3. The molecule has 0 aromatic carbocycles. The summed E-state index contributed by atoms with van der Waals surface area (Å²) in [7, 11) is 0. The first-order chi connectivity index (χ1) is 5.72. The van der Waals surface area contributed by atoms with Crippen molar-refractivity contribution >= 4 is 5.78 Å². The maximum Gasteiger partial charge on any atom is 0.143 e. The zero-order valence-electron chi connectivity index (χ0n) is 7.42. The first kappa shape index (κ1) is 9.61. The minimum Gasteiger partial charge on any atom is -0.299 e. The van der Waals surface area contributed by atoms with E-state index in [0.717, 1.165) is 26.2 Å². The number of ketones is 1. The molecule has 0 radical (unpaired) electrons. The quantitative estimate of drug-likeness (QED) is 0.568. The Morgan fingerprint density at radius 2 is 1.75 bits per heavy atom. The van der Waals surface area contributed by atoms with Crippen LogP contribution in [0.5, 0.6) is 0 Å². The van der Waals surface area contributed by atoms with Crippen molar-refractivity contribution in [3.05, 3.63) is 0 Å². The summed E-state index contributed by atoms with van der Waals surface area (Å²) in [4.78, 5) is 14.5. The third kappa shape index (κ3) is 2.87. The van der Waals surface area contributed by atoms with Crippen LogP contribution in [0.2, 0.25) is 0 Å². The van der Waals surface area contributed by atoms with Crippen LogP contribution in [0.4, 0.5) is 4.39 Å². The number of piperazine rings is 1. The summed E-state index contributed by atoms with van der Waals surface area (Å²) in [5, 5.41) is 0. The predicted molar refractivity (Wildman–Crippen MR) is 44.7 cm³/mol. The van der Waals surface area contributed by atoms with Gasteiger partial charge in [0, 0.05) is 26.2 Å². The van der Waals surface area contributed by atoms with Crippen LogP contribution in [0.1, 0.15) is 6.92 Å². The normalized spacial score (nSPS) is 21.2. The van der Waals surface area contributed by atoms with Crippen molar-refractivity contribution in [3.8, 4) is 0 Å². The highest BCUT2D eigenvalue weighted by atomic mass is 19.1. The topological polar surface area (TPSA) is 23.6 Å². The molecule has 0 N–H and O–H groups in total. The van der Waals surface area contributed by atoms with Crippen molar-refractivity contribution < 1.29 is 9.18 Å². The van der Waals surface area contributed by atoms with E-state index in [1.807, 2.05) is 0 Å². The lowest BCUT2D eigenvalue weighted by Gasteiger charge is -2.32. The number of alkyl halides is 1. The molecule has 0 saturated carbocycles. The Balaban J connectivity index is 2.21. The van der Waals surface area contributed by atoms with E-state index >= 15 is 0 Å². The fraction of sp³-hybridized carbons (Fsp3) is 0.875. The highest BCUT2D eigenvalue weighted by molar-refractivity contribution is 5.77. The van der Waals surface area contributed by atoms with Gasteiger partial charge in [0.15, 0.2) is 0 Å². The van der Waals surface area contributed by atoms with Crippen LogP contribution < -0.4 is 0 Å². The molecule has 1 aliphatic heterocycles. The molecule has 0 amide bonds. The second kappa shape index (κ2) is 4.52. The van der Waals surface area contributed by atoms with Crippen molar-refractivity contribution in [2.75, 3.05) is 39.5 Å². The zero-order valence-corrected chi connectivity index (χ0v) is 7.42. The lowest BCUT2D eigenvalue weighted by Crippen LogP contribution is -2.47. The monoisotopic (exact) mass is 174 g/mol. The fourth-order valence-electron chi connectivity index (χ4n) is 1.38. The van der Waals surface area contributed by atoms with Gasteiger partial charge in [0.2, 0.25) is 0 Å². The van der Waals surface area contributed by atoms with Crippen molar-refractivity contribution in [3.63, 3.8) is 0 Å². The van der Waals surface area contributed by atoms with Crippen LogP contribution in [0.15, 0.2) is 0 Å². The molecule has 1 aliphatic rings. The maximum absolute atomic E-state index is 12.1. The third-order valence-corrected chi connectivity index (χ3v) is 2.08. The van der Waals surface area contributed by atoms with Gasteiger partial charge in [-0.15, -0.1) is 0 Å². The van der Waals surface area contributed by atoms with Crippen LogP contribution in [0.25, 0.3) is 0 Å². The molecule has 1 heterocycles. The van der Waals surface area contributed by atoms with E-state index in [4.69, 9.17) is 0 Å². The molecule has 0 aromatic heterocycles. The Morgan fingerprint density at radius 3 is 2.17 bits per heavy atom. The van der Waals surface area contributed by atoms with Gasteiger partial charge >= 0.3 is 0 Å². The number of rotatable bonds is 3. The van der Waals surface area contributed by atoms with Crippen molar-refractivity contribution in [2.24, 2.45) is 0 Å². The van der Waals surface area contributed by atoms with Gasteiger partial charge in [-0.2, -0.15) is 0 Å². The molecule has 0 bridgehead atoms. The third-order valence-electron chi connectivity index (χ3n) is 2.08. The Labute approximate surface area is 72.1 Å². The van der Waals surface area contributed by atoms with E-state index in [-0.39, 0.29) is 12.6 Å². The van der Waals surface area contributed by atoms with Gasteiger partial charge in [-0.1, -0.05) is 0 Å². The van der Waals surface area contributed by atoms with Gasteiger partial charge in [-0.3, -0.25) is 14.6 Å². The number of Topliss-reactive ketones (excluding diaryl/α,β-unsaturated/α-hetero) is 1. The molecule has 1 saturated heterocycles. The van der Waals surface area contributed by atoms with Gasteiger partial charge in [-0.25, -0.2) is 4.39 Å². The second-order valence-corrected chi connectivity index (χ2v) is 3.22. The van der Waals surface area contributed by atoms with E-state index in [0.29, 0.717) is 6.54 Å². The SMILES string of the molecule is CC(=O)CN1CCN(CF)CC1. The van der Waals surface area contributed by atoms with Crippen LogP contribution in [-0.4, -0.2) is 55.1 Å². The average Bonchev–Trinajstić information content (AvgIpc) is 2.05. The second-order valence-electron chi connectivity index (χ2n) is 3.22. The van der Waals surface area contributed by atoms with Gasteiger partial charge in [0.25, 0.3) is 0 Å². The number of nitrogens with zero attached hydrogens (tertiary/aromatic N) is 2. The summed E-state index contributed by atoms with van der Waals surface area (Å²) in [6.07, 6.45) is 0. The molecule has 4 heteroatoms. The van der Waals surface area contributed by atoms with E-state index in [1.165, 1.54) is 0 Å². The fourth-order valence-corrected chi connectivity index (χ4v) is 1.38. The molecule has 12 heavy (non-hydrogen) atoms. The highest BCUT2D eigenvalue weighted by Gasteiger charge is 2.16. The molecule has 1 fully saturated rings. The van der Waals surface area contributed by atoms with Gasteiger partial charge < -0.3 is 0 Å². The van der Waals surface area contributed by atoms with Gasteiger partial charge in [0.1, 0.15) is 12.6 Å². The predicted octanol–water partition coefficient (Wildman–Crippen LogP) is 0.120. The minimum absolute atomic E-state index is 0.184. The number of carbonyl (C=O) groups is 1. The minimum atomic E-state index is -0.367. The first-order valence-electron chi connectivity index (χ1n) is 4.22. The van der Waals surface area contributed by atoms with E-state index in [1.54, 1.807) is 11.8 Å². The highest BCUT2D eigenvalue weighted by Crippen LogP contribution is 2.00.